The van der Waals surface area contributed by atoms with Gasteiger partial charge in [-0.25, -0.2) is 4.98 Å². The molecule has 0 unspecified atom stereocenters. The molecule has 0 bridgehead atoms. The van der Waals surface area contributed by atoms with E-state index in [1.54, 1.807) is 0 Å². The van der Waals surface area contributed by atoms with Gasteiger partial charge in [0.05, 0.1) is 16.1 Å². The first-order valence-corrected chi connectivity index (χ1v) is 9.06. The van der Waals surface area contributed by atoms with Gasteiger partial charge in [0, 0.05) is 23.3 Å². The highest BCUT2D eigenvalue weighted by Crippen LogP contribution is 2.33. The molecular formula is C20H15F3N2OS. The Morgan fingerprint density at radius 3 is 2.59 bits per heavy atom. The summed E-state index contributed by atoms with van der Waals surface area (Å²) in [5.41, 5.74) is 1.81. The van der Waals surface area contributed by atoms with Crippen molar-refractivity contribution in [1.82, 2.24) is 9.97 Å². The van der Waals surface area contributed by atoms with Gasteiger partial charge < -0.3 is 9.72 Å². The van der Waals surface area contributed by atoms with Crippen LogP contribution in [-0.4, -0.2) is 9.97 Å². The van der Waals surface area contributed by atoms with E-state index in [0.29, 0.717) is 17.2 Å². The van der Waals surface area contributed by atoms with Gasteiger partial charge in [-0.1, -0.05) is 12.1 Å². The smallest absolute Gasteiger partial charge is 0.416 e. The second-order valence-corrected chi connectivity index (χ2v) is 7.20. The maximum absolute atomic E-state index is 12.7. The van der Waals surface area contributed by atoms with Crippen molar-refractivity contribution in [2.45, 2.75) is 19.7 Å². The van der Waals surface area contributed by atoms with Crippen LogP contribution in [0.3, 0.4) is 0 Å². The first-order chi connectivity index (χ1) is 12.9. The molecule has 0 aliphatic carbocycles. The molecule has 7 heteroatoms. The molecule has 1 N–H and O–H groups in total. The van der Waals surface area contributed by atoms with E-state index < -0.39 is 11.7 Å². The van der Waals surface area contributed by atoms with Gasteiger partial charge in [0.1, 0.15) is 17.4 Å². The van der Waals surface area contributed by atoms with Crippen LogP contribution in [0.4, 0.5) is 13.2 Å². The molecular weight excluding hydrogens is 373 g/mol. The Morgan fingerprint density at radius 1 is 1.07 bits per heavy atom. The Morgan fingerprint density at radius 2 is 1.85 bits per heavy atom. The maximum Gasteiger partial charge on any atom is 0.416 e. The standard InChI is InChI=1S/C20H15F3N2OS/c1-12-18(11-26-16-7-4-13-8-9-24-17(13)10-16)27-19(25-12)14-2-5-15(6-3-14)20(21,22)23/h2-10,24H,11H2,1H3. The van der Waals surface area contributed by atoms with Crippen LogP contribution in [0.5, 0.6) is 5.75 Å². The highest BCUT2D eigenvalue weighted by molar-refractivity contribution is 7.15. The van der Waals surface area contributed by atoms with E-state index in [0.717, 1.165) is 39.4 Å². The number of benzene rings is 2. The lowest BCUT2D eigenvalue weighted by Crippen LogP contribution is -2.03. The molecule has 2 heterocycles. The molecule has 3 nitrogen and oxygen atoms in total. The monoisotopic (exact) mass is 388 g/mol. The molecule has 0 atom stereocenters. The zero-order valence-corrected chi connectivity index (χ0v) is 15.1. The molecule has 138 valence electrons. The number of fused-ring (bicyclic) bond motifs is 1. The molecule has 0 aliphatic rings. The van der Waals surface area contributed by atoms with E-state index in [9.17, 15) is 13.2 Å². The number of rotatable bonds is 4. The SMILES string of the molecule is Cc1nc(-c2ccc(C(F)(F)F)cc2)sc1COc1ccc2cc[nH]c2c1. The van der Waals surface area contributed by atoms with Crippen LogP contribution >= 0.6 is 11.3 Å². The summed E-state index contributed by atoms with van der Waals surface area (Å²) in [4.78, 5) is 8.56. The number of thiazole rings is 1. The summed E-state index contributed by atoms with van der Waals surface area (Å²) in [6.07, 6.45) is -2.46. The summed E-state index contributed by atoms with van der Waals surface area (Å²) in [7, 11) is 0. The number of aromatic amines is 1. The molecule has 0 fully saturated rings. The molecule has 0 amide bonds. The second-order valence-electron chi connectivity index (χ2n) is 6.12. The fourth-order valence-corrected chi connectivity index (χ4v) is 3.73. The molecule has 0 radical (unpaired) electrons. The van der Waals surface area contributed by atoms with Crippen molar-refractivity contribution in [3.8, 4) is 16.3 Å². The molecule has 4 rings (SSSR count). The first kappa shape index (κ1) is 17.6. The number of ether oxygens (including phenoxy) is 1. The van der Waals surface area contributed by atoms with Crippen LogP contribution in [0.2, 0.25) is 0 Å². The van der Waals surface area contributed by atoms with Crippen LogP contribution in [0, 0.1) is 6.92 Å². The minimum Gasteiger partial charge on any atom is -0.488 e. The number of halogens is 3. The van der Waals surface area contributed by atoms with Gasteiger partial charge in [-0.15, -0.1) is 11.3 Å². The highest BCUT2D eigenvalue weighted by atomic mass is 32.1. The van der Waals surface area contributed by atoms with Gasteiger partial charge >= 0.3 is 6.18 Å². The number of hydrogen-bond acceptors (Lipinski definition) is 3. The number of alkyl halides is 3. The van der Waals surface area contributed by atoms with Crippen LogP contribution in [0.25, 0.3) is 21.5 Å². The number of nitrogens with zero attached hydrogens (tertiary/aromatic N) is 1. The third-order valence-electron chi connectivity index (χ3n) is 4.25. The van der Waals surface area contributed by atoms with E-state index in [4.69, 9.17) is 4.74 Å². The molecule has 2 aromatic heterocycles. The van der Waals surface area contributed by atoms with E-state index >= 15 is 0 Å². The van der Waals surface area contributed by atoms with Crippen molar-refractivity contribution in [1.29, 1.82) is 0 Å². The lowest BCUT2D eigenvalue weighted by molar-refractivity contribution is -0.137. The zero-order chi connectivity index (χ0) is 19.0. The number of nitrogens with one attached hydrogen (secondary N) is 1. The second kappa shape index (κ2) is 6.74. The van der Waals surface area contributed by atoms with Crippen LogP contribution in [0.15, 0.2) is 54.7 Å². The summed E-state index contributed by atoms with van der Waals surface area (Å²) in [5.74, 6) is 0.744. The molecule has 0 aliphatic heterocycles. The zero-order valence-electron chi connectivity index (χ0n) is 14.3. The number of H-pyrrole nitrogens is 1. The van der Waals surface area contributed by atoms with Crippen LogP contribution in [0.1, 0.15) is 16.1 Å². The lowest BCUT2D eigenvalue weighted by atomic mass is 10.1. The predicted octanol–water partition coefficient (Wildman–Crippen LogP) is 6.20. The van der Waals surface area contributed by atoms with Crippen LogP contribution in [-0.2, 0) is 12.8 Å². The largest absolute Gasteiger partial charge is 0.488 e. The minimum absolute atomic E-state index is 0.357. The summed E-state index contributed by atoms with van der Waals surface area (Å²) in [6, 6.07) is 12.9. The van der Waals surface area contributed by atoms with Crippen LogP contribution < -0.4 is 4.74 Å². The molecule has 0 saturated carbocycles. The number of hydrogen-bond donors (Lipinski definition) is 1. The van der Waals surface area contributed by atoms with E-state index in [1.165, 1.54) is 23.5 Å². The molecule has 4 aromatic rings. The van der Waals surface area contributed by atoms with Gasteiger partial charge in [-0.3, -0.25) is 0 Å². The van der Waals surface area contributed by atoms with Crippen molar-refractivity contribution in [3.05, 3.63) is 70.9 Å². The number of aromatic nitrogens is 2. The van der Waals surface area contributed by atoms with Gasteiger partial charge in [-0.05, 0) is 42.6 Å². The van der Waals surface area contributed by atoms with E-state index in [1.807, 2.05) is 37.4 Å². The fourth-order valence-electron chi connectivity index (χ4n) is 2.75. The Hall–Kier alpha value is -2.80. The Bertz CT molecular complexity index is 1080. The van der Waals surface area contributed by atoms with Crippen molar-refractivity contribution in [3.63, 3.8) is 0 Å². The minimum atomic E-state index is -4.34. The van der Waals surface area contributed by atoms with Crippen molar-refractivity contribution >= 4 is 22.2 Å². The van der Waals surface area contributed by atoms with E-state index in [2.05, 4.69) is 9.97 Å². The quantitative estimate of drug-likeness (QED) is 0.452. The summed E-state index contributed by atoms with van der Waals surface area (Å²) in [6.45, 7) is 2.23. The Balaban J connectivity index is 1.51. The van der Waals surface area contributed by atoms with Gasteiger partial charge in [0.15, 0.2) is 0 Å². The van der Waals surface area contributed by atoms with Crippen molar-refractivity contribution < 1.29 is 17.9 Å². The predicted molar refractivity (Wildman–Crippen MR) is 99.9 cm³/mol. The maximum atomic E-state index is 12.7. The van der Waals surface area contributed by atoms with Gasteiger partial charge in [0.2, 0.25) is 0 Å². The Kier molecular flexibility index (Phi) is 4.39. The highest BCUT2D eigenvalue weighted by Gasteiger charge is 2.30. The summed E-state index contributed by atoms with van der Waals surface area (Å²) >= 11 is 1.43. The lowest BCUT2D eigenvalue weighted by Gasteiger charge is -2.06. The normalized spacial score (nSPS) is 11.9. The average Bonchev–Trinajstić information content (AvgIpc) is 3.25. The Labute approximate surface area is 157 Å². The van der Waals surface area contributed by atoms with Crippen molar-refractivity contribution in [2.24, 2.45) is 0 Å². The topological polar surface area (TPSA) is 37.9 Å². The summed E-state index contributed by atoms with van der Waals surface area (Å²) < 4.78 is 44.0. The molecule has 0 saturated heterocycles. The molecule has 2 aromatic carbocycles. The van der Waals surface area contributed by atoms with E-state index in [-0.39, 0.29) is 0 Å². The third-order valence-corrected chi connectivity index (χ3v) is 5.43. The van der Waals surface area contributed by atoms with Gasteiger partial charge in [0.25, 0.3) is 0 Å². The first-order valence-electron chi connectivity index (χ1n) is 8.24. The van der Waals surface area contributed by atoms with Crippen molar-refractivity contribution in [2.75, 3.05) is 0 Å². The molecule has 0 spiro atoms. The van der Waals surface area contributed by atoms with Gasteiger partial charge in [-0.2, -0.15) is 13.2 Å². The average molecular weight is 388 g/mol. The number of aryl methyl sites for hydroxylation is 1. The third kappa shape index (κ3) is 3.68. The molecule has 27 heavy (non-hydrogen) atoms. The fraction of sp³-hybridized carbons (Fsp3) is 0.150. The summed E-state index contributed by atoms with van der Waals surface area (Å²) in [5, 5.41) is 1.79.